The van der Waals surface area contributed by atoms with E-state index in [4.69, 9.17) is 5.73 Å². The van der Waals surface area contributed by atoms with Gasteiger partial charge in [-0.1, -0.05) is 48.5 Å². The Morgan fingerprint density at radius 2 is 1.76 bits per heavy atom. The summed E-state index contributed by atoms with van der Waals surface area (Å²) in [5, 5.41) is 0.628. The van der Waals surface area contributed by atoms with Crippen molar-refractivity contribution in [3.8, 4) is 0 Å². The maximum atomic E-state index is 12.8. The van der Waals surface area contributed by atoms with Crippen LogP contribution in [0.4, 0.5) is 4.79 Å². The number of carbonyl (C=O) groups is 3. The van der Waals surface area contributed by atoms with Crippen molar-refractivity contribution in [3.05, 3.63) is 76.8 Å². The van der Waals surface area contributed by atoms with Gasteiger partial charge in [0.15, 0.2) is 0 Å². The standard InChI is InChI=1S/C22H19N3O3S/c23-20(26)14-24-13-16(17-8-4-5-9-18(17)24)12-19-21(27)25(22(28)29-19)11-10-15-6-2-1-3-7-15/h1-9,12-13H,10-11,14H2,(H2,23,26)/b19-12-. The number of thioether (sulfide) groups is 1. The molecule has 2 heterocycles. The van der Waals surface area contributed by atoms with E-state index in [9.17, 15) is 14.4 Å². The van der Waals surface area contributed by atoms with E-state index in [2.05, 4.69) is 0 Å². The lowest BCUT2D eigenvalue weighted by Gasteiger charge is -2.12. The molecule has 146 valence electrons. The molecule has 3 aromatic rings. The van der Waals surface area contributed by atoms with Crippen LogP contribution in [0.3, 0.4) is 0 Å². The smallest absolute Gasteiger partial charge is 0.293 e. The molecule has 1 aliphatic rings. The Balaban J connectivity index is 1.59. The van der Waals surface area contributed by atoms with Gasteiger partial charge in [0, 0.05) is 29.2 Å². The van der Waals surface area contributed by atoms with Gasteiger partial charge in [0.05, 0.1) is 4.91 Å². The van der Waals surface area contributed by atoms with Crippen LogP contribution in [0.2, 0.25) is 0 Å². The fourth-order valence-corrected chi connectivity index (χ4v) is 4.26. The molecule has 29 heavy (non-hydrogen) atoms. The van der Waals surface area contributed by atoms with Crippen LogP contribution < -0.4 is 5.73 Å². The summed E-state index contributed by atoms with van der Waals surface area (Å²) in [7, 11) is 0. The maximum Gasteiger partial charge on any atom is 0.293 e. The van der Waals surface area contributed by atoms with Crippen LogP contribution in [0.25, 0.3) is 17.0 Å². The Kier molecular flexibility index (Phi) is 5.22. The second-order valence-corrected chi connectivity index (χ2v) is 7.76. The van der Waals surface area contributed by atoms with Crippen molar-refractivity contribution in [2.24, 2.45) is 5.73 Å². The van der Waals surface area contributed by atoms with E-state index in [-0.39, 0.29) is 17.7 Å². The number of aromatic nitrogens is 1. The highest BCUT2D eigenvalue weighted by Crippen LogP contribution is 2.34. The zero-order chi connectivity index (χ0) is 20.4. The van der Waals surface area contributed by atoms with Crippen molar-refractivity contribution >= 4 is 45.8 Å². The van der Waals surface area contributed by atoms with Crippen molar-refractivity contribution in [3.63, 3.8) is 0 Å². The van der Waals surface area contributed by atoms with Crippen LogP contribution in [0.5, 0.6) is 0 Å². The highest BCUT2D eigenvalue weighted by atomic mass is 32.2. The Hall–Kier alpha value is -3.32. The first kappa shape index (κ1) is 19.0. The third kappa shape index (κ3) is 3.95. The number of rotatable bonds is 6. The van der Waals surface area contributed by atoms with E-state index in [1.807, 2.05) is 54.6 Å². The average Bonchev–Trinajstić information content (AvgIpc) is 3.18. The second kappa shape index (κ2) is 7.97. The van der Waals surface area contributed by atoms with Crippen molar-refractivity contribution in [1.82, 2.24) is 9.47 Å². The fourth-order valence-electron chi connectivity index (χ4n) is 3.41. The molecule has 0 unspecified atom stereocenters. The van der Waals surface area contributed by atoms with Gasteiger partial charge in [-0.2, -0.15) is 0 Å². The van der Waals surface area contributed by atoms with Gasteiger partial charge in [-0.3, -0.25) is 19.3 Å². The zero-order valence-electron chi connectivity index (χ0n) is 15.6. The monoisotopic (exact) mass is 405 g/mol. The number of fused-ring (bicyclic) bond motifs is 1. The highest BCUT2D eigenvalue weighted by molar-refractivity contribution is 8.18. The van der Waals surface area contributed by atoms with E-state index in [1.165, 1.54) is 4.90 Å². The molecule has 1 saturated heterocycles. The van der Waals surface area contributed by atoms with Crippen molar-refractivity contribution in [1.29, 1.82) is 0 Å². The van der Waals surface area contributed by atoms with Gasteiger partial charge in [-0.25, -0.2) is 0 Å². The Labute approximate surface area is 172 Å². The molecule has 0 radical (unpaired) electrons. The van der Waals surface area contributed by atoms with Crippen molar-refractivity contribution in [2.45, 2.75) is 13.0 Å². The summed E-state index contributed by atoms with van der Waals surface area (Å²) in [6.07, 6.45) is 4.12. The Morgan fingerprint density at radius 3 is 2.52 bits per heavy atom. The van der Waals surface area contributed by atoms with Crippen LogP contribution in [0.1, 0.15) is 11.1 Å². The van der Waals surface area contributed by atoms with Crippen molar-refractivity contribution in [2.75, 3.05) is 6.54 Å². The largest absolute Gasteiger partial charge is 0.368 e. The first-order chi connectivity index (χ1) is 14.0. The Morgan fingerprint density at radius 1 is 1.03 bits per heavy atom. The predicted octanol–water partition coefficient (Wildman–Crippen LogP) is 3.41. The second-order valence-electron chi connectivity index (χ2n) is 6.76. The number of para-hydroxylation sites is 1. The lowest BCUT2D eigenvalue weighted by molar-refractivity contribution is -0.122. The van der Waals surface area contributed by atoms with Gasteiger partial charge in [0.25, 0.3) is 11.1 Å². The molecule has 0 spiro atoms. The van der Waals surface area contributed by atoms with Gasteiger partial charge < -0.3 is 10.3 Å². The summed E-state index contributed by atoms with van der Waals surface area (Å²) in [4.78, 5) is 38.2. The molecular formula is C22H19N3O3S. The summed E-state index contributed by atoms with van der Waals surface area (Å²) in [5.41, 5.74) is 8.04. The van der Waals surface area contributed by atoms with Crippen LogP contribution in [-0.2, 0) is 22.6 Å². The van der Waals surface area contributed by atoms with Crippen molar-refractivity contribution < 1.29 is 14.4 Å². The molecule has 4 rings (SSSR count). The number of benzene rings is 2. The minimum atomic E-state index is -0.446. The molecule has 0 bridgehead atoms. The molecular weight excluding hydrogens is 386 g/mol. The van der Waals surface area contributed by atoms with Crippen LogP contribution >= 0.6 is 11.8 Å². The summed E-state index contributed by atoms with van der Waals surface area (Å²) < 4.78 is 1.75. The highest BCUT2D eigenvalue weighted by Gasteiger charge is 2.34. The summed E-state index contributed by atoms with van der Waals surface area (Å²) in [5.74, 6) is -0.735. The number of nitrogens with two attached hydrogens (primary N) is 1. The lowest BCUT2D eigenvalue weighted by Crippen LogP contribution is -2.30. The third-order valence-electron chi connectivity index (χ3n) is 4.77. The number of carbonyl (C=O) groups excluding carboxylic acids is 3. The van der Waals surface area contributed by atoms with Gasteiger partial charge in [-0.05, 0) is 35.9 Å². The summed E-state index contributed by atoms with van der Waals surface area (Å²) >= 11 is 0.941. The van der Waals surface area contributed by atoms with Gasteiger partial charge in [-0.15, -0.1) is 0 Å². The first-order valence-corrected chi connectivity index (χ1v) is 10.00. The molecule has 0 atom stereocenters. The predicted molar refractivity (Wildman–Crippen MR) is 114 cm³/mol. The molecule has 1 aromatic heterocycles. The number of imide groups is 1. The van der Waals surface area contributed by atoms with Gasteiger partial charge in [0.1, 0.15) is 6.54 Å². The molecule has 1 fully saturated rings. The van der Waals surface area contributed by atoms with Gasteiger partial charge >= 0.3 is 0 Å². The van der Waals surface area contributed by atoms with E-state index in [1.54, 1.807) is 16.8 Å². The van der Waals surface area contributed by atoms with Crippen LogP contribution in [-0.4, -0.2) is 33.1 Å². The third-order valence-corrected chi connectivity index (χ3v) is 5.68. The SMILES string of the molecule is NC(=O)Cn1cc(/C=C2\SC(=O)N(CCc3ccccc3)C2=O)c2ccccc21. The summed E-state index contributed by atoms with van der Waals surface area (Å²) in [6, 6.07) is 17.3. The molecule has 7 heteroatoms. The number of amides is 3. The molecule has 1 aliphatic heterocycles. The quantitative estimate of drug-likeness (QED) is 0.637. The molecule has 2 aromatic carbocycles. The average molecular weight is 405 g/mol. The van der Waals surface area contributed by atoms with Crippen LogP contribution in [0, 0.1) is 0 Å². The van der Waals surface area contributed by atoms with E-state index in [0.29, 0.717) is 17.9 Å². The number of nitrogens with zero attached hydrogens (tertiary/aromatic N) is 2. The van der Waals surface area contributed by atoms with Gasteiger partial charge in [0.2, 0.25) is 5.91 Å². The Bertz CT molecular complexity index is 1130. The van der Waals surface area contributed by atoms with E-state index >= 15 is 0 Å². The number of hydrogen-bond acceptors (Lipinski definition) is 4. The molecule has 0 aliphatic carbocycles. The van der Waals surface area contributed by atoms with E-state index in [0.717, 1.165) is 33.8 Å². The minimum absolute atomic E-state index is 0.0485. The maximum absolute atomic E-state index is 12.8. The van der Waals surface area contributed by atoms with Crippen LogP contribution in [0.15, 0.2) is 65.7 Å². The molecule has 0 saturated carbocycles. The minimum Gasteiger partial charge on any atom is -0.368 e. The zero-order valence-corrected chi connectivity index (χ0v) is 16.4. The lowest BCUT2D eigenvalue weighted by atomic mass is 10.1. The fraction of sp³-hybridized carbons (Fsp3) is 0.136. The van der Waals surface area contributed by atoms with E-state index < -0.39 is 5.91 Å². The summed E-state index contributed by atoms with van der Waals surface area (Å²) in [6.45, 7) is 0.391. The topological polar surface area (TPSA) is 85.4 Å². The number of primary amides is 1. The molecule has 6 nitrogen and oxygen atoms in total. The molecule has 3 amide bonds. The first-order valence-electron chi connectivity index (χ1n) is 9.18. The molecule has 2 N–H and O–H groups in total. The normalized spacial score (nSPS) is 15.6. The number of hydrogen-bond donors (Lipinski definition) is 1.